The summed E-state index contributed by atoms with van der Waals surface area (Å²) < 4.78 is 0. The molecule has 2 saturated heterocycles. The fourth-order valence-corrected chi connectivity index (χ4v) is 3.58. The number of carbonyl (C=O) groups is 1. The summed E-state index contributed by atoms with van der Waals surface area (Å²) in [4.78, 5) is 17.3. The summed E-state index contributed by atoms with van der Waals surface area (Å²) in [6, 6.07) is 1.03. The Bertz CT molecular complexity index is 329. The summed E-state index contributed by atoms with van der Waals surface area (Å²) in [5.74, 6) is 0.292. The van der Waals surface area contributed by atoms with Crippen molar-refractivity contribution < 1.29 is 4.79 Å². The van der Waals surface area contributed by atoms with Crippen LogP contribution in [0, 0.1) is 0 Å². The molecule has 1 atom stereocenters. The smallest absolute Gasteiger partial charge is 0.242 e. The van der Waals surface area contributed by atoms with Crippen LogP contribution >= 0.6 is 0 Å². The van der Waals surface area contributed by atoms with Crippen LogP contribution in [0.4, 0.5) is 0 Å². The number of amides is 1. The molecule has 0 aromatic carbocycles. The summed E-state index contributed by atoms with van der Waals surface area (Å²) in [6.07, 6.45) is 5.54. The molecule has 4 heteroatoms. The molecule has 0 aliphatic carbocycles. The van der Waals surface area contributed by atoms with E-state index in [4.69, 9.17) is 0 Å². The van der Waals surface area contributed by atoms with Gasteiger partial charge >= 0.3 is 0 Å². The van der Waals surface area contributed by atoms with Gasteiger partial charge in [-0.05, 0) is 59.4 Å². The second-order valence-electron chi connectivity index (χ2n) is 6.99. The fourth-order valence-electron chi connectivity index (χ4n) is 3.58. The first kappa shape index (κ1) is 15.8. The van der Waals surface area contributed by atoms with Gasteiger partial charge < -0.3 is 15.1 Å². The molecule has 116 valence electrons. The molecule has 4 nitrogen and oxygen atoms in total. The minimum absolute atomic E-state index is 0.292. The molecular formula is C16H31N3O. The summed E-state index contributed by atoms with van der Waals surface area (Å²) in [6.45, 7) is 9.79. The number of carbonyl (C=O) groups excluding carboxylic acids is 1. The van der Waals surface area contributed by atoms with Crippen molar-refractivity contribution in [3.05, 3.63) is 0 Å². The maximum Gasteiger partial charge on any atom is 0.242 e. The lowest BCUT2D eigenvalue weighted by Crippen LogP contribution is -2.60. The van der Waals surface area contributed by atoms with Gasteiger partial charge in [0.15, 0.2) is 0 Å². The number of hydrogen-bond acceptors (Lipinski definition) is 3. The van der Waals surface area contributed by atoms with E-state index >= 15 is 0 Å². The third-order valence-corrected chi connectivity index (χ3v) is 5.19. The van der Waals surface area contributed by atoms with Crippen LogP contribution in [0.15, 0.2) is 0 Å². The Morgan fingerprint density at radius 1 is 1.30 bits per heavy atom. The lowest BCUT2D eigenvalue weighted by Gasteiger charge is -2.43. The summed E-state index contributed by atoms with van der Waals surface area (Å²) >= 11 is 0. The van der Waals surface area contributed by atoms with E-state index in [9.17, 15) is 4.79 Å². The van der Waals surface area contributed by atoms with Gasteiger partial charge in [0.1, 0.15) is 0 Å². The Hall–Kier alpha value is -0.610. The highest BCUT2D eigenvalue weighted by atomic mass is 16.2. The van der Waals surface area contributed by atoms with Gasteiger partial charge in [0.25, 0.3) is 0 Å². The quantitative estimate of drug-likeness (QED) is 0.857. The number of rotatable bonds is 3. The van der Waals surface area contributed by atoms with E-state index in [0.29, 0.717) is 18.0 Å². The average Bonchev–Trinajstić information content (AvgIpc) is 2.46. The molecule has 2 aliphatic heterocycles. The normalized spacial score (nSPS) is 29.6. The average molecular weight is 281 g/mol. The number of nitrogens with zero attached hydrogens (tertiary/aromatic N) is 2. The van der Waals surface area contributed by atoms with Crippen molar-refractivity contribution in [2.24, 2.45) is 0 Å². The largest absolute Gasteiger partial charge is 0.341 e. The highest BCUT2D eigenvalue weighted by Gasteiger charge is 2.38. The molecular weight excluding hydrogens is 250 g/mol. The molecule has 0 aromatic rings. The van der Waals surface area contributed by atoms with Gasteiger partial charge in [-0.1, -0.05) is 0 Å². The number of nitrogens with one attached hydrogen (secondary N) is 1. The molecule has 1 N–H and O–H groups in total. The molecule has 0 spiro atoms. The number of hydrogen-bond donors (Lipinski definition) is 1. The van der Waals surface area contributed by atoms with Gasteiger partial charge in [0.2, 0.25) is 5.91 Å². The van der Waals surface area contributed by atoms with E-state index in [0.717, 1.165) is 45.3 Å². The van der Waals surface area contributed by atoms with Crippen LogP contribution in [0.1, 0.15) is 52.9 Å². The van der Waals surface area contributed by atoms with Crippen molar-refractivity contribution in [1.82, 2.24) is 15.1 Å². The molecule has 0 bridgehead atoms. The zero-order chi connectivity index (χ0) is 14.8. The number of piperidine rings is 2. The highest BCUT2D eigenvalue weighted by Crippen LogP contribution is 2.24. The van der Waals surface area contributed by atoms with Gasteiger partial charge in [-0.2, -0.15) is 0 Å². The maximum absolute atomic E-state index is 12.8. The standard InChI is InChI=1S/C16H31N3O/c1-13(2)19-11-7-14(8-12-19)18(4)15(20)16(3)9-5-6-10-17-16/h13-14,17H,5-12H2,1-4H3. The summed E-state index contributed by atoms with van der Waals surface area (Å²) in [5, 5.41) is 3.44. The molecule has 1 amide bonds. The molecule has 2 fully saturated rings. The van der Waals surface area contributed by atoms with E-state index in [1.165, 1.54) is 6.42 Å². The van der Waals surface area contributed by atoms with Crippen LogP contribution < -0.4 is 5.32 Å². The first-order valence-corrected chi connectivity index (χ1v) is 8.20. The Balaban J connectivity index is 1.91. The maximum atomic E-state index is 12.8. The third kappa shape index (κ3) is 3.34. The van der Waals surface area contributed by atoms with Crippen LogP contribution in [-0.4, -0.2) is 60.0 Å². The van der Waals surface area contributed by atoms with Gasteiger partial charge in [-0.15, -0.1) is 0 Å². The number of likely N-dealkylation sites (tertiary alicyclic amines) is 1. The molecule has 2 rings (SSSR count). The van der Waals surface area contributed by atoms with Crippen LogP contribution in [0.5, 0.6) is 0 Å². The first-order valence-electron chi connectivity index (χ1n) is 8.20. The van der Waals surface area contributed by atoms with E-state index in [2.05, 4.69) is 31.0 Å². The third-order valence-electron chi connectivity index (χ3n) is 5.19. The molecule has 2 heterocycles. The molecule has 20 heavy (non-hydrogen) atoms. The van der Waals surface area contributed by atoms with Crippen LogP contribution in [-0.2, 0) is 4.79 Å². The first-order chi connectivity index (χ1) is 9.44. The summed E-state index contributed by atoms with van der Waals surface area (Å²) in [5.41, 5.74) is -0.331. The Labute approximate surface area is 123 Å². The molecule has 2 aliphatic rings. The monoisotopic (exact) mass is 281 g/mol. The lowest BCUT2D eigenvalue weighted by atomic mass is 9.88. The van der Waals surface area contributed by atoms with Crippen molar-refractivity contribution in [3.63, 3.8) is 0 Å². The van der Waals surface area contributed by atoms with Crippen molar-refractivity contribution in [2.45, 2.75) is 70.5 Å². The van der Waals surface area contributed by atoms with E-state index in [1.807, 2.05) is 11.9 Å². The van der Waals surface area contributed by atoms with Crippen LogP contribution in [0.3, 0.4) is 0 Å². The van der Waals surface area contributed by atoms with Crippen molar-refractivity contribution in [1.29, 1.82) is 0 Å². The van der Waals surface area contributed by atoms with Gasteiger partial charge in [0, 0.05) is 32.2 Å². The minimum Gasteiger partial charge on any atom is -0.341 e. The molecule has 1 unspecified atom stereocenters. The Morgan fingerprint density at radius 3 is 2.45 bits per heavy atom. The van der Waals surface area contributed by atoms with Gasteiger partial charge in [-0.25, -0.2) is 0 Å². The van der Waals surface area contributed by atoms with E-state index in [1.54, 1.807) is 0 Å². The molecule has 0 saturated carbocycles. The zero-order valence-corrected chi connectivity index (χ0v) is 13.6. The minimum atomic E-state index is -0.331. The van der Waals surface area contributed by atoms with Crippen molar-refractivity contribution in [2.75, 3.05) is 26.7 Å². The number of likely N-dealkylation sites (N-methyl/N-ethyl adjacent to an activating group) is 1. The summed E-state index contributed by atoms with van der Waals surface area (Å²) in [7, 11) is 2.00. The van der Waals surface area contributed by atoms with Crippen LogP contribution in [0.25, 0.3) is 0 Å². The van der Waals surface area contributed by atoms with Gasteiger partial charge in [0.05, 0.1) is 5.54 Å². The SMILES string of the molecule is CC(C)N1CCC(N(C)C(=O)C2(C)CCCCN2)CC1. The predicted octanol–water partition coefficient (Wildman–Crippen LogP) is 1.85. The predicted molar refractivity (Wildman–Crippen MR) is 82.8 cm³/mol. The molecule has 0 aromatic heterocycles. The molecule has 0 radical (unpaired) electrons. The Kier molecular flexibility index (Phi) is 5.08. The second-order valence-corrected chi connectivity index (χ2v) is 6.99. The van der Waals surface area contributed by atoms with Gasteiger partial charge in [-0.3, -0.25) is 4.79 Å². The van der Waals surface area contributed by atoms with Crippen molar-refractivity contribution >= 4 is 5.91 Å². The van der Waals surface area contributed by atoms with E-state index in [-0.39, 0.29) is 5.54 Å². The Morgan fingerprint density at radius 2 is 1.95 bits per heavy atom. The zero-order valence-electron chi connectivity index (χ0n) is 13.6. The van der Waals surface area contributed by atoms with Crippen molar-refractivity contribution in [3.8, 4) is 0 Å². The second kappa shape index (κ2) is 6.44. The highest BCUT2D eigenvalue weighted by molar-refractivity contribution is 5.86. The lowest BCUT2D eigenvalue weighted by molar-refractivity contribution is -0.140. The van der Waals surface area contributed by atoms with E-state index < -0.39 is 0 Å². The topological polar surface area (TPSA) is 35.6 Å². The fraction of sp³-hybridized carbons (Fsp3) is 0.938. The van der Waals surface area contributed by atoms with Crippen LogP contribution in [0.2, 0.25) is 0 Å².